The van der Waals surface area contributed by atoms with E-state index in [2.05, 4.69) is 20.6 Å². The highest BCUT2D eigenvalue weighted by Crippen LogP contribution is 2.32. The van der Waals surface area contributed by atoms with Crippen LogP contribution < -0.4 is 15.1 Å². The molecule has 0 saturated carbocycles. The summed E-state index contributed by atoms with van der Waals surface area (Å²) in [6.07, 6.45) is 2.02. The number of carbonyl (C=O) groups excluding carboxylic acids is 2. The normalized spacial score (nSPS) is 16.8. The molecule has 3 aromatic rings. The Bertz CT molecular complexity index is 1890. The van der Waals surface area contributed by atoms with Crippen molar-refractivity contribution in [2.24, 2.45) is 4.36 Å². The van der Waals surface area contributed by atoms with Gasteiger partial charge in [-0.25, -0.2) is 13.4 Å². The molecule has 2 heterocycles. The number of piperidine rings is 1. The van der Waals surface area contributed by atoms with Gasteiger partial charge in [0.15, 0.2) is 0 Å². The van der Waals surface area contributed by atoms with Crippen molar-refractivity contribution in [3.05, 3.63) is 82.7 Å². The number of hydrogen-bond acceptors (Lipinski definition) is 8. The number of aryl methyl sites for hydroxylation is 2. The molecule has 5 rings (SSSR count). The van der Waals surface area contributed by atoms with E-state index in [0.29, 0.717) is 43.0 Å². The van der Waals surface area contributed by atoms with Crippen LogP contribution in [0.5, 0.6) is 0 Å². The maximum Gasteiger partial charge on any atom is 0.442 e. The molecule has 1 N–H and O–H groups in total. The van der Waals surface area contributed by atoms with Crippen LogP contribution in [0.4, 0.5) is 26.2 Å². The number of nitrogens with one attached hydrogen (secondary N) is 1. The molecular formula is C37H45FN6O4S. The van der Waals surface area contributed by atoms with Crippen LogP contribution in [0.1, 0.15) is 60.7 Å². The summed E-state index contributed by atoms with van der Waals surface area (Å²) in [4.78, 5) is 32.1. The summed E-state index contributed by atoms with van der Waals surface area (Å²) in [5.74, 6) is -0.800. The van der Waals surface area contributed by atoms with Crippen LogP contribution in [-0.2, 0) is 14.5 Å². The van der Waals surface area contributed by atoms with Gasteiger partial charge in [-0.3, -0.25) is 4.79 Å². The zero-order valence-electron chi connectivity index (χ0n) is 29.1. The molecule has 0 bridgehead atoms. The van der Waals surface area contributed by atoms with Crippen molar-refractivity contribution in [1.82, 2.24) is 4.90 Å². The predicted molar refractivity (Wildman–Crippen MR) is 191 cm³/mol. The van der Waals surface area contributed by atoms with Gasteiger partial charge in [-0.05, 0) is 88.9 Å². The number of amides is 2. The highest BCUT2D eigenvalue weighted by atomic mass is 32.2. The van der Waals surface area contributed by atoms with E-state index >= 15 is 4.39 Å². The van der Waals surface area contributed by atoms with Gasteiger partial charge in [-0.1, -0.05) is 24.3 Å². The molecule has 2 fully saturated rings. The Morgan fingerprint density at radius 1 is 0.939 bits per heavy atom. The Morgan fingerprint density at radius 3 is 2.22 bits per heavy atom. The Labute approximate surface area is 289 Å². The summed E-state index contributed by atoms with van der Waals surface area (Å²) in [5, 5.41) is 13.2. The molecule has 12 heteroatoms. The summed E-state index contributed by atoms with van der Waals surface area (Å²) in [6.45, 7) is 12.2. The van der Waals surface area contributed by atoms with Gasteiger partial charge in [-0.15, -0.1) is 4.36 Å². The van der Waals surface area contributed by atoms with Crippen molar-refractivity contribution in [3.63, 3.8) is 0 Å². The highest BCUT2D eigenvalue weighted by Gasteiger charge is 2.29. The van der Waals surface area contributed by atoms with E-state index in [1.165, 1.54) is 18.4 Å². The molecule has 0 aromatic heterocycles. The molecule has 2 aliphatic heterocycles. The lowest BCUT2D eigenvalue weighted by atomic mass is 9.99. The number of anilines is 3. The Balaban J connectivity index is 1.26. The molecule has 0 radical (unpaired) electrons. The number of para-hydroxylation sites is 1. The van der Waals surface area contributed by atoms with Crippen LogP contribution in [0, 0.1) is 31.0 Å². The summed E-state index contributed by atoms with van der Waals surface area (Å²) in [7, 11) is -3.48. The number of carbonyl (C=O) groups is 2. The number of nitrogens with zero attached hydrogens (tertiary/aromatic N) is 5. The Morgan fingerprint density at radius 2 is 1.57 bits per heavy atom. The van der Waals surface area contributed by atoms with E-state index in [9.17, 15) is 19.1 Å². The SMILES string of the molecule is Cc1cc(C)c(C(=O)N2CCN(c3cccc(F)c3[S@](C)(=O)=NC(=O)OC(C)(C)C)CC2)cc1NC1CCN(c2ccccc2C#N)CC1. The number of benzene rings is 3. The predicted octanol–water partition coefficient (Wildman–Crippen LogP) is 6.75. The molecule has 2 aliphatic rings. The fraction of sp³-hybridized carbons (Fsp3) is 0.432. The van der Waals surface area contributed by atoms with E-state index in [1.54, 1.807) is 31.7 Å². The second-order valence-electron chi connectivity index (χ2n) is 13.8. The van der Waals surface area contributed by atoms with Crippen LogP contribution in [0.3, 0.4) is 0 Å². The lowest BCUT2D eigenvalue weighted by molar-refractivity contribution is 0.0607. The first-order valence-electron chi connectivity index (χ1n) is 16.6. The Kier molecular flexibility index (Phi) is 10.5. The van der Waals surface area contributed by atoms with E-state index in [4.69, 9.17) is 4.74 Å². The second kappa shape index (κ2) is 14.5. The Hall–Kier alpha value is -4.63. The topological polar surface area (TPSA) is 118 Å². The third-order valence-corrected chi connectivity index (χ3v) is 10.6. The largest absolute Gasteiger partial charge is 0.442 e. The molecule has 0 spiro atoms. The summed E-state index contributed by atoms with van der Waals surface area (Å²) in [6, 6.07) is 18.6. The molecular weight excluding hydrogens is 644 g/mol. The summed E-state index contributed by atoms with van der Waals surface area (Å²) < 4.78 is 37.9. The van der Waals surface area contributed by atoms with Crippen molar-refractivity contribution < 1.29 is 22.9 Å². The van der Waals surface area contributed by atoms with Gasteiger partial charge >= 0.3 is 6.09 Å². The minimum atomic E-state index is -3.48. The van der Waals surface area contributed by atoms with Crippen molar-refractivity contribution in [3.8, 4) is 6.07 Å². The average Bonchev–Trinajstić information content (AvgIpc) is 3.04. The molecule has 2 saturated heterocycles. The van der Waals surface area contributed by atoms with Crippen molar-refractivity contribution in [1.29, 1.82) is 5.26 Å². The van der Waals surface area contributed by atoms with Gasteiger partial charge in [0.05, 0.1) is 26.7 Å². The molecule has 260 valence electrons. The van der Waals surface area contributed by atoms with E-state index < -0.39 is 27.2 Å². The van der Waals surface area contributed by atoms with Crippen LogP contribution in [0.25, 0.3) is 0 Å². The van der Waals surface area contributed by atoms with Crippen LogP contribution in [0.15, 0.2) is 63.9 Å². The van der Waals surface area contributed by atoms with Crippen molar-refractivity contribution in [2.45, 2.75) is 64.0 Å². The molecule has 2 amide bonds. The van der Waals surface area contributed by atoms with Gasteiger partial charge in [0.1, 0.15) is 22.4 Å². The van der Waals surface area contributed by atoms with Gasteiger partial charge in [0.2, 0.25) is 0 Å². The maximum absolute atomic E-state index is 15.2. The minimum Gasteiger partial charge on any atom is -0.442 e. The van der Waals surface area contributed by atoms with Crippen LogP contribution in [0.2, 0.25) is 0 Å². The summed E-state index contributed by atoms with van der Waals surface area (Å²) >= 11 is 0. The van der Waals surface area contributed by atoms with Gasteiger partial charge in [0, 0.05) is 62.8 Å². The van der Waals surface area contributed by atoms with E-state index in [-0.39, 0.29) is 16.8 Å². The first-order valence-corrected chi connectivity index (χ1v) is 18.5. The lowest BCUT2D eigenvalue weighted by Gasteiger charge is -2.37. The highest BCUT2D eigenvalue weighted by molar-refractivity contribution is 7.93. The number of hydrogen-bond donors (Lipinski definition) is 1. The fourth-order valence-electron chi connectivity index (χ4n) is 6.48. The molecule has 49 heavy (non-hydrogen) atoms. The molecule has 0 aliphatic carbocycles. The fourth-order valence-corrected chi connectivity index (χ4v) is 7.91. The number of ether oxygens (including phenoxy) is 1. The van der Waals surface area contributed by atoms with Gasteiger partial charge < -0.3 is 24.8 Å². The maximum atomic E-state index is 15.2. The van der Waals surface area contributed by atoms with Crippen LogP contribution in [-0.4, -0.2) is 78.3 Å². The molecule has 10 nitrogen and oxygen atoms in total. The van der Waals surface area contributed by atoms with E-state index in [1.807, 2.05) is 55.1 Å². The third kappa shape index (κ3) is 8.33. The number of piperazine rings is 1. The van der Waals surface area contributed by atoms with Gasteiger partial charge in [-0.2, -0.15) is 5.26 Å². The monoisotopic (exact) mass is 688 g/mol. The van der Waals surface area contributed by atoms with Crippen molar-refractivity contribution >= 4 is 38.8 Å². The van der Waals surface area contributed by atoms with Gasteiger partial charge in [0.25, 0.3) is 5.91 Å². The molecule has 3 aromatic carbocycles. The molecule has 1 atom stereocenters. The summed E-state index contributed by atoms with van der Waals surface area (Å²) in [5.41, 5.74) is 4.70. The lowest BCUT2D eigenvalue weighted by Crippen LogP contribution is -2.49. The second-order valence-corrected chi connectivity index (χ2v) is 16.0. The number of halogens is 1. The smallest absolute Gasteiger partial charge is 0.442 e. The standard InChI is InChI=1S/C37H45FN6O4S/c1-25-22-26(2)31(40-28-14-16-42(17-15-28)32-12-8-7-10-27(32)24-39)23-29(25)35(45)44-20-18-43(19-21-44)33-13-9-11-30(38)34(33)49(6,47)41-36(46)48-37(3,4)5/h7-13,22-23,28,40H,14-21H2,1-6H3/t49-/m0/s1. The van der Waals surface area contributed by atoms with E-state index in [0.717, 1.165) is 48.4 Å². The minimum absolute atomic E-state index is 0.0817. The zero-order chi connectivity index (χ0) is 35.5. The average molecular weight is 689 g/mol. The first kappa shape index (κ1) is 35.7. The quantitative estimate of drug-likeness (QED) is 0.302. The number of rotatable bonds is 6. The third-order valence-electron chi connectivity index (χ3n) is 8.90. The zero-order valence-corrected chi connectivity index (χ0v) is 29.9. The molecule has 0 unspecified atom stereocenters. The van der Waals surface area contributed by atoms with Crippen LogP contribution >= 0.6 is 0 Å². The van der Waals surface area contributed by atoms with Crippen molar-refractivity contribution in [2.75, 3.05) is 60.6 Å². The number of nitriles is 1. The first-order chi connectivity index (χ1) is 23.2.